The molecule has 6 unspecified atom stereocenters. The van der Waals surface area contributed by atoms with E-state index in [9.17, 15) is 19.8 Å². The second kappa shape index (κ2) is 6.80. The third-order valence-electron chi connectivity index (χ3n) is 5.91. The molecule has 0 amide bonds. The third-order valence-corrected chi connectivity index (χ3v) is 5.91. The minimum atomic E-state index is -0.793. The Hall–Kier alpha value is -1.06. The highest BCUT2D eigenvalue weighted by atomic mass is 16.4. The number of fused-ring (bicyclic) bond motifs is 1. The molecule has 21 heavy (non-hydrogen) atoms. The maximum Gasteiger partial charge on any atom is 0.306 e. The predicted octanol–water partition coefficient (Wildman–Crippen LogP) is 3.65. The standard InChI is InChI=1S/C17H28O4/c1-3-4-6-11-10(2)9-14(17(20)21)15-12(11)7-5-8-13(15)16(18)19/h10-15H,3-9H2,1-2H3,(H,18,19)(H,20,21). The molecule has 2 N–H and O–H groups in total. The number of carboxylic acids is 2. The van der Waals surface area contributed by atoms with Crippen LogP contribution in [0.3, 0.4) is 0 Å². The Kier molecular flexibility index (Phi) is 5.28. The molecule has 2 aliphatic carbocycles. The maximum absolute atomic E-state index is 11.7. The van der Waals surface area contributed by atoms with E-state index in [1.165, 1.54) is 0 Å². The Labute approximate surface area is 126 Å². The van der Waals surface area contributed by atoms with Crippen LogP contribution in [0.25, 0.3) is 0 Å². The average Bonchev–Trinajstić information content (AvgIpc) is 2.44. The zero-order valence-corrected chi connectivity index (χ0v) is 13.1. The van der Waals surface area contributed by atoms with E-state index >= 15 is 0 Å². The van der Waals surface area contributed by atoms with E-state index in [-0.39, 0.29) is 11.8 Å². The number of carbonyl (C=O) groups is 2. The van der Waals surface area contributed by atoms with Crippen molar-refractivity contribution in [1.82, 2.24) is 0 Å². The zero-order chi connectivity index (χ0) is 15.6. The van der Waals surface area contributed by atoms with Crippen LogP contribution < -0.4 is 0 Å². The van der Waals surface area contributed by atoms with Gasteiger partial charge in [-0.1, -0.05) is 33.1 Å². The molecule has 4 nitrogen and oxygen atoms in total. The lowest BCUT2D eigenvalue weighted by atomic mass is 9.54. The van der Waals surface area contributed by atoms with Crippen molar-refractivity contribution in [3.8, 4) is 0 Å². The van der Waals surface area contributed by atoms with E-state index in [1.807, 2.05) is 0 Å². The molecule has 2 saturated carbocycles. The van der Waals surface area contributed by atoms with Crippen LogP contribution in [0.15, 0.2) is 0 Å². The van der Waals surface area contributed by atoms with E-state index in [0.717, 1.165) is 32.1 Å². The lowest BCUT2D eigenvalue weighted by Crippen LogP contribution is -2.49. The first-order chi connectivity index (χ1) is 9.97. The fourth-order valence-electron chi connectivity index (χ4n) is 4.98. The molecular formula is C17H28O4. The highest BCUT2D eigenvalue weighted by molar-refractivity contribution is 5.75. The highest BCUT2D eigenvalue weighted by Gasteiger charge is 2.51. The first kappa shape index (κ1) is 16.3. The summed E-state index contributed by atoms with van der Waals surface area (Å²) < 4.78 is 0. The maximum atomic E-state index is 11.7. The number of rotatable bonds is 5. The van der Waals surface area contributed by atoms with Gasteiger partial charge in [-0.05, 0) is 49.4 Å². The average molecular weight is 296 g/mol. The molecule has 0 aromatic heterocycles. The fraction of sp³-hybridized carbons (Fsp3) is 0.882. The first-order valence-corrected chi connectivity index (χ1v) is 8.43. The lowest BCUT2D eigenvalue weighted by Gasteiger charge is -2.50. The molecule has 0 aromatic rings. The molecule has 0 aromatic carbocycles. The molecule has 0 radical (unpaired) electrons. The summed E-state index contributed by atoms with van der Waals surface area (Å²) in [6, 6.07) is 0. The van der Waals surface area contributed by atoms with Gasteiger partial charge in [0.15, 0.2) is 0 Å². The van der Waals surface area contributed by atoms with Crippen LogP contribution in [-0.4, -0.2) is 22.2 Å². The Bertz CT molecular complexity index is 392. The van der Waals surface area contributed by atoms with Crippen LogP contribution in [0.4, 0.5) is 0 Å². The summed E-state index contributed by atoms with van der Waals surface area (Å²) in [4.78, 5) is 23.2. The Morgan fingerprint density at radius 3 is 2.33 bits per heavy atom. The molecule has 2 aliphatic rings. The van der Waals surface area contributed by atoms with Gasteiger partial charge < -0.3 is 10.2 Å². The van der Waals surface area contributed by atoms with Crippen molar-refractivity contribution < 1.29 is 19.8 Å². The summed E-state index contributed by atoms with van der Waals surface area (Å²) in [6.07, 6.45) is 6.66. The summed E-state index contributed by atoms with van der Waals surface area (Å²) in [7, 11) is 0. The molecule has 0 heterocycles. The van der Waals surface area contributed by atoms with Crippen LogP contribution in [0.5, 0.6) is 0 Å². The Morgan fingerprint density at radius 1 is 1.10 bits per heavy atom. The van der Waals surface area contributed by atoms with Gasteiger partial charge in [0.1, 0.15) is 0 Å². The predicted molar refractivity (Wildman–Crippen MR) is 79.9 cm³/mol. The van der Waals surface area contributed by atoms with Gasteiger partial charge in [0.2, 0.25) is 0 Å². The van der Waals surface area contributed by atoms with E-state index in [1.54, 1.807) is 0 Å². The molecule has 2 fully saturated rings. The van der Waals surface area contributed by atoms with Crippen molar-refractivity contribution in [2.24, 2.45) is 35.5 Å². The molecule has 0 aliphatic heterocycles. The molecule has 2 rings (SSSR count). The zero-order valence-electron chi connectivity index (χ0n) is 13.1. The topological polar surface area (TPSA) is 74.6 Å². The molecule has 0 saturated heterocycles. The van der Waals surface area contributed by atoms with Crippen molar-refractivity contribution in [3.63, 3.8) is 0 Å². The molecular weight excluding hydrogens is 268 g/mol. The Morgan fingerprint density at radius 2 is 1.76 bits per heavy atom. The van der Waals surface area contributed by atoms with Crippen molar-refractivity contribution in [3.05, 3.63) is 0 Å². The molecule has 120 valence electrons. The summed E-state index contributed by atoms with van der Waals surface area (Å²) in [5.74, 6) is -1.48. The van der Waals surface area contributed by atoms with Crippen LogP contribution in [0.1, 0.15) is 58.8 Å². The molecule has 0 spiro atoms. The van der Waals surface area contributed by atoms with E-state index in [4.69, 9.17) is 0 Å². The van der Waals surface area contributed by atoms with Crippen molar-refractivity contribution in [2.75, 3.05) is 0 Å². The molecule has 0 bridgehead atoms. The van der Waals surface area contributed by atoms with Crippen molar-refractivity contribution in [2.45, 2.75) is 58.8 Å². The molecule has 6 atom stereocenters. The smallest absolute Gasteiger partial charge is 0.306 e. The van der Waals surface area contributed by atoms with E-state index in [0.29, 0.717) is 24.7 Å². The second-order valence-electron chi connectivity index (χ2n) is 7.08. The van der Waals surface area contributed by atoms with Gasteiger partial charge in [0.05, 0.1) is 11.8 Å². The minimum absolute atomic E-state index is 0.160. The van der Waals surface area contributed by atoms with Gasteiger partial charge in [-0.25, -0.2) is 0 Å². The summed E-state index contributed by atoms with van der Waals surface area (Å²) >= 11 is 0. The minimum Gasteiger partial charge on any atom is -0.481 e. The van der Waals surface area contributed by atoms with E-state index < -0.39 is 23.8 Å². The first-order valence-electron chi connectivity index (χ1n) is 8.43. The van der Waals surface area contributed by atoms with Crippen molar-refractivity contribution in [1.29, 1.82) is 0 Å². The van der Waals surface area contributed by atoms with Gasteiger partial charge in [-0.2, -0.15) is 0 Å². The number of hydrogen-bond acceptors (Lipinski definition) is 2. The quantitative estimate of drug-likeness (QED) is 0.812. The summed E-state index contributed by atoms with van der Waals surface area (Å²) in [5.41, 5.74) is 0. The van der Waals surface area contributed by atoms with Gasteiger partial charge in [0, 0.05) is 0 Å². The lowest BCUT2D eigenvalue weighted by molar-refractivity contribution is -0.160. The monoisotopic (exact) mass is 296 g/mol. The van der Waals surface area contributed by atoms with Gasteiger partial charge in [-0.3, -0.25) is 9.59 Å². The second-order valence-corrected chi connectivity index (χ2v) is 7.08. The fourth-order valence-corrected chi connectivity index (χ4v) is 4.98. The van der Waals surface area contributed by atoms with Crippen LogP contribution in [0.2, 0.25) is 0 Å². The highest BCUT2D eigenvalue weighted by Crippen LogP contribution is 2.52. The van der Waals surface area contributed by atoms with E-state index in [2.05, 4.69) is 13.8 Å². The van der Waals surface area contributed by atoms with Crippen LogP contribution >= 0.6 is 0 Å². The number of hydrogen-bond donors (Lipinski definition) is 2. The molecule has 4 heteroatoms. The normalized spacial score (nSPS) is 39.5. The third kappa shape index (κ3) is 3.24. The number of unbranched alkanes of at least 4 members (excludes halogenated alkanes) is 1. The number of carboxylic acid groups (broad SMARTS) is 2. The van der Waals surface area contributed by atoms with Crippen LogP contribution in [0, 0.1) is 35.5 Å². The van der Waals surface area contributed by atoms with Crippen molar-refractivity contribution >= 4 is 11.9 Å². The SMILES string of the molecule is CCCCC1C(C)CC(C(=O)O)C2C(C(=O)O)CCCC12. The van der Waals surface area contributed by atoms with Gasteiger partial charge in [0.25, 0.3) is 0 Å². The van der Waals surface area contributed by atoms with Gasteiger partial charge in [-0.15, -0.1) is 0 Å². The Balaban J connectivity index is 2.27. The van der Waals surface area contributed by atoms with Crippen LogP contribution in [-0.2, 0) is 9.59 Å². The largest absolute Gasteiger partial charge is 0.481 e. The number of aliphatic carboxylic acids is 2. The van der Waals surface area contributed by atoms with Gasteiger partial charge >= 0.3 is 11.9 Å². The summed E-state index contributed by atoms with van der Waals surface area (Å²) in [6.45, 7) is 4.34. The summed E-state index contributed by atoms with van der Waals surface area (Å²) in [5, 5.41) is 19.1.